The van der Waals surface area contributed by atoms with Gasteiger partial charge in [-0.2, -0.15) is 22.8 Å². The fraction of sp³-hybridized carbons (Fsp3) is 0.591. The number of alkyl halides is 3. The molecule has 2 rings (SSSR count). The average Bonchev–Trinajstić information content (AvgIpc) is 2.66. The highest BCUT2D eigenvalue weighted by molar-refractivity contribution is 5.24. The quantitative estimate of drug-likeness (QED) is 0.262. The molecule has 0 bridgehead atoms. The van der Waals surface area contributed by atoms with Crippen LogP contribution in [0.15, 0.2) is 36.2 Å². The minimum Gasteiger partial charge on any atom is -0.195 e. The molecule has 0 aromatic heterocycles. The van der Waals surface area contributed by atoms with E-state index in [0.717, 1.165) is 49.3 Å². The second kappa shape index (κ2) is 10.5. The third kappa shape index (κ3) is 7.74. The maximum Gasteiger partial charge on any atom is 0.416 e. The molecule has 1 nitrogen and oxygen atoms in total. The lowest BCUT2D eigenvalue weighted by Crippen LogP contribution is -2.14. The standard InChI is InChI=1S/C22H27F4N/c23-21(16-27)7-3-6-19-10-8-17(9-11-19)4-1-2-5-18-12-14-20(15-13-18)22(24,25)26/h7,12-15,17,19H,1-6,8-11H2. The summed E-state index contributed by atoms with van der Waals surface area (Å²) in [6.45, 7) is 0. The highest BCUT2D eigenvalue weighted by Gasteiger charge is 2.29. The Hall–Kier alpha value is -1.83. The summed E-state index contributed by atoms with van der Waals surface area (Å²) < 4.78 is 50.4. The fourth-order valence-corrected chi connectivity index (χ4v) is 3.92. The zero-order chi connectivity index (χ0) is 19.7. The topological polar surface area (TPSA) is 23.8 Å². The summed E-state index contributed by atoms with van der Waals surface area (Å²) >= 11 is 0. The SMILES string of the molecule is N#CC(F)=CCCC1CCC(CCCCc2ccc(C(F)(F)F)cc2)CC1. The molecule has 1 aliphatic rings. The molecule has 0 unspecified atom stereocenters. The van der Waals surface area contributed by atoms with Gasteiger partial charge in [0, 0.05) is 0 Å². The normalized spacial score (nSPS) is 21.1. The molecular weight excluding hydrogens is 354 g/mol. The van der Waals surface area contributed by atoms with Crippen molar-refractivity contribution in [3.05, 3.63) is 47.3 Å². The first-order valence-corrected chi connectivity index (χ1v) is 9.80. The van der Waals surface area contributed by atoms with Crippen molar-refractivity contribution in [3.8, 4) is 6.07 Å². The number of hydrogen-bond acceptors (Lipinski definition) is 1. The van der Waals surface area contributed by atoms with Crippen LogP contribution in [0.25, 0.3) is 0 Å². The Kier molecular flexibility index (Phi) is 8.34. The largest absolute Gasteiger partial charge is 0.416 e. The van der Waals surface area contributed by atoms with Crippen LogP contribution in [0.4, 0.5) is 17.6 Å². The number of nitrogens with zero attached hydrogens (tertiary/aromatic N) is 1. The van der Waals surface area contributed by atoms with E-state index in [1.54, 1.807) is 12.1 Å². The van der Waals surface area contributed by atoms with Crippen LogP contribution in [0.3, 0.4) is 0 Å². The molecule has 1 aromatic carbocycles. The van der Waals surface area contributed by atoms with Crippen LogP contribution in [-0.2, 0) is 12.6 Å². The number of aryl methyl sites for hydroxylation is 1. The summed E-state index contributed by atoms with van der Waals surface area (Å²) in [4.78, 5) is 0. The highest BCUT2D eigenvalue weighted by Crippen LogP contribution is 2.34. The third-order valence-corrected chi connectivity index (χ3v) is 5.58. The summed E-state index contributed by atoms with van der Waals surface area (Å²) in [6.07, 6.45) is 7.57. The van der Waals surface area contributed by atoms with Crippen molar-refractivity contribution in [1.29, 1.82) is 5.26 Å². The number of allylic oxidation sites excluding steroid dienone is 2. The van der Waals surface area contributed by atoms with Gasteiger partial charge in [0.15, 0.2) is 5.83 Å². The van der Waals surface area contributed by atoms with Gasteiger partial charge < -0.3 is 0 Å². The lowest BCUT2D eigenvalue weighted by Gasteiger charge is -2.28. The van der Waals surface area contributed by atoms with Gasteiger partial charge in [0.2, 0.25) is 0 Å². The van der Waals surface area contributed by atoms with Gasteiger partial charge in [-0.15, -0.1) is 0 Å². The van der Waals surface area contributed by atoms with E-state index in [4.69, 9.17) is 5.26 Å². The van der Waals surface area contributed by atoms with Crippen molar-refractivity contribution < 1.29 is 17.6 Å². The van der Waals surface area contributed by atoms with Crippen LogP contribution in [0, 0.1) is 23.2 Å². The van der Waals surface area contributed by atoms with Gasteiger partial charge in [0.05, 0.1) is 5.56 Å². The average molecular weight is 381 g/mol. The molecule has 0 N–H and O–H groups in total. The van der Waals surface area contributed by atoms with Crippen molar-refractivity contribution in [3.63, 3.8) is 0 Å². The zero-order valence-electron chi connectivity index (χ0n) is 15.6. The molecule has 0 heterocycles. The van der Waals surface area contributed by atoms with Crippen LogP contribution < -0.4 is 0 Å². The molecule has 0 atom stereocenters. The number of halogens is 4. The van der Waals surface area contributed by atoms with E-state index in [0.29, 0.717) is 12.3 Å². The molecule has 1 aromatic rings. The minimum absolute atomic E-state index is 0.589. The molecule has 0 saturated heterocycles. The van der Waals surface area contributed by atoms with E-state index >= 15 is 0 Å². The van der Waals surface area contributed by atoms with Crippen LogP contribution in [-0.4, -0.2) is 0 Å². The summed E-state index contributed by atoms with van der Waals surface area (Å²) in [5, 5.41) is 8.39. The van der Waals surface area contributed by atoms with Gasteiger partial charge in [-0.1, -0.05) is 50.7 Å². The van der Waals surface area contributed by atoms with Crippen molar-refractivity contribution >= 4 is 0 Å². The first-order valence-electron chi connectivity index (χ1n) is 9.80. The number of benzene rings is 1. The summed E-state index contributed by atoms with van der Waals surface area (Å²) in [5.41, 5.74) is 0.373. The fourth-order valence-electron chi connectivity index (χ4n) is 3.92. The number of rotatable bonds is 8. The Morgan fingerprint density at radius 2 is 1.59 bits per heavy atom. The first kappa shape index (κ1) is 21.5. The van der Waals surface area contributed by atoms with Crippen molar-refractivity contribution in [1.82, 2.24) is 0 Å². The molecular formula is C22H27F4N. The second-order valence-corrected chi connectivity index (χ2v) is 7.57. The predicted molar refractivity (Wildman–Crippen MR) is 98.5 cm³/mol. The molecule has 1 fully saturated rings. The number of hydrogen-bond donors (Lipinski definition) is 0. The van der Waals surface area contributed by atoms with E-state index in [1.807, 2.05) is 0 Å². The number of unbranched alkanes of at least 4 members (excludes halogenated alkanes) is 1. The van der Waals surface area contributed by atoms with Crippen LogP contribution >= 0.6 is 0 Å². The Morgan fingerprint density at radius 1 is 1.00 bits per heavy atom. The van der Waals surface area contributed by atoms with Gasteiger partial charge in [-0.25, -0.2) is 0 Å². The van der Waals surface area contributed by atoms with E-state index in [1.165, 1.54) is 44.2 Å². The third-order valence-electron chi connectivity index (χ3n) is 5.58. The molecule has 1 aliphatic carbocycles. The Bertz CT molecular complexity index is 632. The van der Waals surface area contributed by atoms with E-state index < -0.39 is 17.6 Å². The van der Waals surface area contributed by atoms with E-state index in [2.05, 4.69) is 0 Å². The summed E-state index contributed by atoms with van der Waals surface area (Å²) in [7, 11) is 0. The predicted octanol–water partition coefficient (Wildman–Crippen LogP) is 7.38. The minimum atomic E-state index is -4.27. The van der Waals surface area contributed by atoms with Crippen molar-refractivity contribution in [2.45, 2.75) is 70.4 Å². The van der Waals surface area contributed by atoms with Gasteiger partial charge >= 0.3 is 6.18 Å². The van der Waals surface area contributed by atoms with E-state index in [-0.39, 0.29) is 0 Å². The van der Waals surface area contributed by atoms with E-state index in [9.17, 15) is 17.6 Å². The first-order chi connectivity index (χ1) is 12.9. The van der Waals surface area contributed by atoms with Crippen molar-refractivity contribution in [2.24, 2.45) is 11.8 Å². The summed E-state index contributed by atoms with van der Waals surface area (Å²) in [6, 6.07) is 6.99. The molecule has 1 saturated carbocycles. The zero-order valence-corrected chi connectivity index (χ0v) is 15.6. The second-order valence-electron chi connectivity index (χ2n) is 7.57. The molecule has 0 spiro atoms. The monoisotopic (exact) mass is 381 g/mol. The lowest BCUT2D eigenvalue weighted by molar-refractivity contribution is -0.137. The van der Waals surface area contributed by atoms with Gasteiger partial charge in [-0.3, -0.25) is 0 Å². The van der Waals surface area contributed by atoms with Gasteiger partial charge in [0.25, 0.3) is 0 Å². The molecule has 5 heteroatoms. The Morgan fingerprint density at radius 3 is 2.15 bits per heavy atom. The van der Waals surface area contributed by atoms with Crippen LogP contribution in [0.5, 0.6) is 0 Å². The van der Waals surface area contributed by atoms with Crippen molar-refractivity contribution in [2.75, 3.05) is 0 Å². The van der Waals surface area contributed by atoms with Crippen LogP contribution in [0.2, 0.25) is 0 Å². The smallest absolute Gasteiger partial charge is 0.195 e. The maximum atomic E-state index is 12.8. The van der Waals surface area contributed by atoms with Crippen LogP contribution in [0.1, 0.15) is 68.9 Å². The lowest BCUT2D eigenvalue weighted by atomic mass is 9.78. The van der Waals surface area contributed by atoms with Gasteiger partial charge in [-0.05, 0) is 61.3 Å². The maximum absolute atomic E-state index is 12.8. The molecule has 148 valence electrons. The molecule has 0 amide bonds. The Balaban J connectivity index is 1.59. The molecule has 27 heavy (non-hydrogen) atoms. The highest BCUT2D eigenvalue weighted by atomic mass is 19.4. The molecule has 0 aliphatic heterocycles. The molecule has 0 radical (unpaired) electrons. The Labute approximate surface area is 159 Å². The van der Waals surface area contributed by atoms with Gasteiger partial charge in [0.1, 0.15) is 6.07 Å². The number of nitriles is 1. The summed E-state index contributed by atoms with van der Waals surface area (Å²) in [5.74, 6) is 0.688.